The fraction of sp³-hybridized carbons (Fsp3) is 0.278. The number of hydrogen-bond donors (Lipinski definition) is 1. The number of carbonyl (C=O) groups is 2. The van der Waals surface area contributed by atoms with Gasteiger partial charge in [0, 0.05) is 25.9 Å². The summed E-state index contributed by atoms with van der Waals surface area (Å²) in [5.41, 5.74) is 0.905. The number of ketones is 1. The van der Waals surface area contributed by atoms with Crippen molar-refractivity contribution in [1.29, 1.82) is 0 Å². The van der Waals surface area contributed by atoms with Gasteiger partial charge in [0.2, 0.25) is 15.9 Å². The van der Waals surface area contributed by atoms with Crippen molar-refractivity contribution in [3.8, 4) is 0 Å². The molecule has 0 fully saturated rings. The molecule has 1 unspecified atom stereocenters. The van der Waals surface area contributed by atoms with Gasteiger partial charge in [0.25, 0.3) is 0 Å². The maximum atomic E-state index is 12.4. The number of anilines is 1. The van der Waals surface area contributed by atoms with Crippen molar-refractivity contribution >= 4 is 39.2 Å². The van der Waals surface area contributed by atoms with Gasteiger partial charge >= 0.3 is 0 Å². The van der Waals surface area contributed by atoms with E-state index in [0.717, 1.165) is 4.31 Å². The zero-order chi connectivity index (χ0) is 20.2. The largest absolute Gasteiger partial charge is 0.324 e. The van der Waals surface area contributed by atoms with Crippen LogP contribution >= 0.6 is 11.8 Å². The number of nitrogens with zero attached hydrogens (tertiary/aromatic N) is 2. The third kappa shape index (κ3) is 5.15. The molecule has 0 spiro atoms. The molecule has 0 aliphatic carbocycles. The van der Waals surface area contributed by atoms with Gasteiger partial charge in [-0.25, -0.2) is 17.7 Å². The Bertz CT molecular complexity index is 941. The van der Waals surface area contributed by atoms with Crippen LogP contribution < -0.4 is 5.32 Å². The summed E-state index contributed by atoms with van der Waals surface area (Å²) >= 11 is 1.20. The smallest absolute Gasteiger partial charge is 0.244 e. The van der Waals surface area contributed by atoms with Gasteiger partial charge in [-0.2, -0.15) is 0 Å². The Morgan fingerprint density at radius 3 is 2.37 bits per heavy atom. The molecule has 0 saturated carbocycles. The minimum atomic E-state index is -3.54. The fourth-order valence-corrected chi connectivity index (χ4v) is 3.80. The summed E-state index contributed by atoms with van der Waals surface area (Å²) < 4.78 is 25.2. The lowest BCUT2D eigenvalue weighted by Gasteiger charge is -2.14. The second-order valence-electron chi connectivity index (χ2n) is 5.97. The van der Waals surface area contributed by atoms with Crippen LogP contribution in [0.25, 0.3) is 0 Å². The van der Waals surface area contributed by atoms with Crippen molar-refractivity contribution in [3.63, 3.8) is 0 Å². The fourth-order valence-electron chi connectivity index (χ4n) is 2.17. The van der Waals surface area contributed by atoms with Gasteiger partial charge in [-0.1, -0.05) is 23.9 Å². The van der Waals surface area contributed by atoms with E-state index in [1.807, 2.05) is 0 Å². The monoisotopic (exact) mass is 407 g/mol. The molecule has 1 aromatic carbocycles. The van der Waals surface area contributed by atoms with Gasteiger partial charge in [-0.3, -0.25) is 9.59 Å². The Labute approximate surface area is 163 Å². The van der Waals surface area contributed by atoms with Gasteiger partial charge < -0.3 is 5.32 Å². The first kappa shape index (κ1) is 21.1. The number of hydrogen-bond acceptors (Lipinski definition) is 6. The Kier molecular flexibility index (Phi) is 6.74. The van der Waals surface area contributed by atoms with Crippen LogP contribution in [0, 0.1) is 0 Å². The van der Waals surface area contributed by atoms with Gasteiger partial charge in [0.05, 0.1) is 16.0 Å². The minimum absolute atomic E-state index is 0.0874. The van der Waals surface area contributed by atoms with Gasteiger partial charge in [-0.05, 0) is 38.1 Å². The van der Waals surface area contributed by atoms with Crippen molar-refractivity contribution in [3.05, 3.63) is 48.2 Å². The highest BCUT2D eigenvalue weighted by atomic mass is 32.2. The molecule has 1 N–H and O–H groups in total. The molecule has 1 amide bonds. The molecule has 1 atom stereocenters. The lowest BCUT2D eigenvalue weighted by atomic mass is 10.1. The molecule has 0 radical (unpaired) electrons. The van der Waals surface area contributed by atoms with Crippen molar-refractivity contribution in [2.24, 2.45) is 0 Å². The zero-order valence-electron chi connectivity index (χ0n) is 15.5. The van der Waals surface area contributed by atoms with E-state index in [0.29, 0.717) is 16.3 Å². The molecule has 144 valence electrons. The number of para-hydroxylation sites is 1. The minimum Gasteiger partial charge on any atom is -0.324 e. The number of nitrogens with one attached hydrogen (secondary N) is 1. The van der Waals surface area contributed by atoms with E-state index in [2.05, 4.69) is 10.3 Å². The molecule has 9 heteroatoms. The lowest BCUT2D eigenvalue weighted by Crippen LogP contribution is -2.24. The molecule has 7 nitrogen and oxygen atoms in total. The zero-order valence-corrected chi connectivity index (χ0v) is 17.1. The molecular formula is C18H21N3O4S2. The molecule has 0 aliphatic heterocycles. The molecule has 0 aliphatic rings. The molecule has 0 saturated heterocycles. The maximum absolute atomic E-state index is 12.4. The van der Waals surface area contributed by atoms with Crippen molar-refractivity contribution in [2.45, 2.75) is 29.0 Å². The van der Waals surface area contributed by atoms with Crippen LogP contribution in [0.1, 0.15) is 24.2 Å². The number of Topliss-reactive ketones (excluding diaryl/α,β-unsaturated/α-hetero) is 1. The first-order valence-corrected chi connectivity index (χ1v) is 10.4. The van der Waals surface area contributed by atoms with Crippen LogP contribution in [0.3, 0.4) is 0 Å². The summed E-state index contributed by atoms with van der Waals surface area (Å²) in [7, 11) is -0.646. The number of aromatic nitrogens is 1. The summed E-state index contributed by atoms with van der Waals surface area (Å²) in [5, 5.41) is 2.78. The highest BCUT2D eigenvalue weighted by Gasteiger charge is 2.20. The Hall–Kier alpha value is -2.23. The number of rotatable bonds is 7. The second-order valence-corrected chi connectivity index (χ2v) is 9.48. The van der Waals surface area contributed by atoms with Crippen LogP contribution in [0.2, 0.25) is 0 Å². The van der Waals surface area contributed by atoms with E-state index >= 15 is 0 Å². The van der Waals surface area contributed by atoms with E-state index in [4.69, 9.17) is 0 Å². The first-order chi connectivity index (χ1) is 12.6. The molecule has 27 heavy (non-hydrogen) atoms. The number of pyridine rings is 1. The average Bonchev–Trinajstić information content (AvgIpc) is 2.62. The lowest BCUT2D eigenvalue weighted by molar-refractivity contribution is -0.115. The Morgan fingerprint density at radius 2 is 1.81 bits per heavy atom. The van der Waals surface area contributed by atoms with Crippen LogP contribution in [0.5, 0.6) is 0 Å². The number of thioether (sulfide) groups is 1. The van der Waals surface area contributed by atoms with E-state index in [1.54, 1.807) is 37.3 Å². The normalized spacial score (nSPS) is 12.6. The highest BCUT2D eigenvalue weighted by molar-refractivity contribution is 8.00. The molecule has 1 heterocycles. The van der Waals surface area contributed by atoms with E-state index < -0.39 is 15.3 Å². The highest BCUT2D eigenvalue weighted by Crippen LogP contribution is 2.24. The topological polar surface area (TPSA) is 96.4 Å². The van der Waals surface area contributed by atoms with Crippen molar-refractivity contribution < 1.29 is 18.0 Å². The molecule has 2 aromatic rings. The molecule has 2 rings (SSSR count). The molecular weight excluding hydrogens is 386 g/mol. The third-order valence-electron chi connectivity index (χ3n) is 3.72. The Morgan fingerprint density at radius 1 is 1.15 bits per heavy atom. The standard InChI is InChI=1S/C18H21N3O4S2/c1-12(22)15-7-5-6-8-16(15)20-18(23)13(2)26-17-10-9-14(11-19-17)27(24,25)21(3)4/h5-11,13H,1-4H3,(H,20,23). The van der Waals surface area contributed by atoms with Crippen LogP contribution in [0.15, 0.2) is 52.5 Å². The van der Waals surface area contributed by atoms with Gasteiger partial charge in [-0.15, -0.1) is 0 Å². The van der Waals surface area contributed by atoms with E-state index in [-0.39, 0.29) is 16.6 Å². The SMILES string of the molecule is CC(=O)c1ccccc1NC(=O)C(C)Sc1ccc(S(=O)(=O)N(C)C)cn1. The number of amides is 1. The summed E-state index contributed by atoms with van der Waals surface area (Å²) in [6.07, 6.45) is 1.27. The summed E-state index contributed by atoms with van der Waals surface area (Å²) in [4.78, 5) is 28.3. The number of benzene rings is 1. The van der Waals surface area contributed by atoms with E-state index in [9.17, 15) is 18.0 Å². The molecule has 1 aromatic heterocycles. The summed E-state index contributed by atoms with van der Waals surface area (Å²) in [5.74, 6) is -0.411. The van der Waals surface area contributed by atoms with E-state index in [1.165, 1.54) is 45.0 Å². The van der Waals surface area contributed by atoms with Crippen molar-refractivity contribution in [1.82, 2.24) is 9.29 Å². The Balaban J connectivity index is 2.08. The van der Waals surface area contributed by atoms with Gasteiger partial charge in [0.15, 0.2) is 5.78 Å². The third-order valence-corrected chi connectivity index (χ3v) is 6.57. The van der Waals surface area contributed by atoms with Crippen LogP contribution in [0.4, 0.5) is 5.69 Å². The predicted molar refractivity (Wildman–Crippen MR) is 106 cm³/mol. The summed E-state index contributed by atoms with van der Waals surface area (Å²) in [6.45, 7) is 3.15. The van der Waals surface area contributed by atoms with Crippen LogP contribution in [-0.2, 0) is 14.8 Å². The predicted octanol–water partition coefficient (Wildman–Crippen LogP) is 2.65. The summed E-state index contributed by atoms with van der Waals surface area (Å²) in [6, 6.07) is 9.82. The number of sulfonamides is 1. The van der Waals surface area contributed by atoms with Gasteiger partial charge in [0.1, 0.15) is 4.90 Å². The first-order valence-electron chi connectivity index (χ1n) is 8.09. The van der Waals surface area contributed by atoms with Crippen molar-refractivity contribution in [2.75, 3.05) is 19.4 Å². The average molecular weight is 408 g/mol. The van der Waals surface area contributed by atoms with Crippen LogP contribution in [-0.4, -0.2) is 48.7 Å². The molecule has 0 bridgehead atoms. The maximum Gasteiger partial charge on any atom is 0.244 e. The second kappa shape index (κ2) is 8.64. The quantitative estimate of drug-likeness (QED) is 0.560. The number of carbonyl (C=O) groups excluding carboxylic acids is 2.